The Morgan fingerprint density at radius 2 is 2.11 bits per heavy atom. The zero-order chi connectivity index (χ0) is 20.2. The fourth-order valence-corrected chi connectivity index (χ4v) is 4.10. The third-order valence-corrected chi connectivity index (χ3v) is 5.55. The second kappa shape index (κ2) is 8.71. The molecule has 7 nitrogen and oxygen atoms in total. The average molecular weight is 409 g/mol. The third kappa shape index (κ3) is 5.67. The minimum atomic E-state index is -0.550. The molecule has 9 heteroatoms. The summed E-state index contributed by atoms with van der Waals surface area (Å²) in [7, 11) is 0. The molecule has 0 aliphatic carbocycles. The number of fused-ring (bicyclic) bond motifs is 1. The number of hydrogen-bond acceptors (Lipinski definition) is 6. The number of thiophene rings is 1. The van der Waals surface area contributed by atoms with Gasteiger partial charge in [0.25, 0.3) is 5.56 Å². The number of carbonyl (C=O) groups excluding carboxylic acids is 2. The first-order valence-electron chi connectivity index (χ1n) is 8.53. The van der Waals surface area contributed by atoms with Crippen molar-refractivity contribution in [2.45, 2.75) is 51.4 Å². The Bertz CT molecular complexity index is 925. The zero-order valence-electron chi connectivity index (χ0n) is 15.9. The van der Waals surface area contributed by atoms with Crippen molar-refractivity contribution in [3.05, 3.63) is 34.0 Å². The number of imide groups is 1. The Morgan fingerprint density at radius 1 is 1.41 bits per heavy atom. The van der Waals surface area contributed by atoms with E-state index in [0.29, 0.717) is 21.9 Å². The van der Waals surface area contributed by atoms with Gasteiger partial charge < -0.3 is 5.32 Å². The molecule has 0 fully saturated rings. The Kier molecular flexibility index (Phi) is 6.83. The van der Waals surface area contributed by atoms with Crippen LogP contribution in [-0.2, 0) is 17.8 Å². The molecule has 0 spiro atoms. The molecule has 0 aliphatic heterocycles. The van der Waals surface area contributed by atoms with E-state index in [-0.39, 0.29) is 11.3 Å². The van der Waals surface area contributed by atoms with Crippen LogP contribution in [0.2, 0.25) is 0 Å². The van der Waals surface area contributed by atoms with Crippen molar-refractivity contribution in [3.63, 3.8) is 0 Å². The van der Waals surface area contributed by atoms with Gasteiger partial charge in [-0.25, -0.2) is 9.78 Å². The van der Waals surface area contributed by atoms with Gasteiger partial charge in [0.15, 0.2) is 5.16 Å². The van der Waals surface area contributed by atoms with Crippen LogP contribution in [-0.4, -0.2) is 32.8 Å². The smallest absolute Gasteiger partial charge is 0.321 e. The summed E-state index contributed by atoms with van der Waals surface area (Å²) in [5.74, 6) is -0.486. The highest BCUT2D eigenvalue weighted by Gasteiger charge is 2.18. The fraction of sp³-hybridized carbons (Fsp3) is 0.444. The summed E-state index contributed by atoms with van der Waals surface area (Å²) in [6.45, 7) is 11.5. The lowest BCUT2D eigenvalue weighted by molar-refractivity contribution is -0.117. The Hall–Kier alpha value is -2.13. The Morgan fingerprint density at radius 3 is 2.70 bits per heavy atom. The first kappa shape index (κ1) is 21.2. The lowest BCUT2D eigenvalue weighted by Gasteiger charge is -2.20. The van der Waals surface area contributed by atoms with E-state index in [1.807, 2.05) is 33.8 Å². The quantitative estimate of drug-likeness (QED) is 0.435. The normalized spacial score (nSPS) is 11.4. The number of urea groups is 1. The van der Waals surface area contributed by atoms with E-state index in [0.717, 1.165) is 23.1 Å². The van der Waals surface area contributed by atoms with Crippen LogP contribution in [0.5, 0.6) is 0 Å². The molecule has 0 aliphatic rings. The number of allylic oxidation sites excluding steroid dienone is 1. The highest BCUT2D eigenvalue weighted by Crippen LogP contribution is 2.25. The third-order valence-electron chi connectivity index (χ3n) is 3.40. The number of aryl methyl sites for hydroxylation is 1. The first-order chi connectivity index (χ1) is 12.6. The minimum absolute atomic E-state index is 0.0291. The zero-order valence-corrected chi connectivity index (χ0v) is 17.6. The number of thioether (sulfide) groups is 1. The number of rotatable bonds is 6. The molecular weight excluding hydrogens is 384 g/mol. The molecule has 2 N–H and O–H groups in total. The lowest BCUT2D eigenvalue weighted by atomic mass is 10.1. The largest absolute Gasteiger partial charge is 0.333 e. The Balaban J connectivity index is 2.18. The summed E-state index contributed by atoms with van der Waals surface area (Å²) in [5.41, 5.74) is -0.589. The SMILES string of the molecule is C=CCn1c(SCC(=O)NC(=O)NC(C)(C)C)nc2sc(CC)cc2c1=O. The van der Waals surface area contributed by atoms with Crippen LogP contribution < -0.4 is 16.2 Å². The molecule has 0 bridgehead atoms. The standard InChI is InChI=1S/C18H24N4O3S2/c1-6-8-22-15(24)12-9-11(7-2)27-14(12)20-17(22)26-10-13(23)19-16(25)21-18(3,4)5/h6,9H,1,7-8,10H2,2-5H3,(H2,19,21,23,25). The van der Waals surface area contributed by atoms with E-state index >= 15 is 0 Å². The van der Waals surface area contributed by atoms with Crippen LogP contribution in [0, 0.1) is 0 Å². The van der Waals surface area contributed by atoms with E-state index in [4.69, 9.17) is 0 Å². The van der Waals surface area contributed by atoms with Gasteiger partial charge in [-0.05, 0) is 33.3 Å². The van der Waals surface area contributed by atoms with E-state index in [2.05, 4.69) is 22.2 Å². The first-order valence-corrected chi connectivity index (χ1v) is 10.3. The minimum Gasteiger partial charge on any atom is -0.333 e. The van der Waals surface area contributed by atoms with Crippen LogP contribution in [0.4, 0.5) is 4.79 Å². The fourth-order valence-electron chi connectivity index (χ4n) is 2.29. The number of amides is 3. The van der Waals surface area contributed by atoms with Crippen molar-refractivity contribution in [1.29, 1.82) is 0 Å². The van der Waals surface area contributed by atoms with E-state index in [1.54, 1.807) is 6.08 Å². The van der Waals surface area contributed by atoms with Crippen molar-refractivity contribution < 1.29 is 9.59 Å². The molecule has 3 amide bonds. The summed E-state index contributed by atoms with van der Waals surface area (Å²) in [5, 5.41) is 5.95. The molecule has 0 saturated carbocycles. The lowest BCUT2D eigenvalue weighted by Crippen LogP contribution is -2.48. The predicted octanol–water partition coefficient (Wildman–Crippen LogP) is 2.92. The van der Waals surface area contributed by atoms with Crippen LogP contribution in [0.15, 0.2) is 28.7 Å². The molecule has 0 aromatic carbocycles. The topological polar surface area (TPSA) is 93.1 Å². The van der Waals surface area contributed by atoms with Gasteiger partial charge >= 0.3 is 6.03 Å². The van der Waals surface area contributed by atoms with Gasteiger partial charge in [0.2, 0.25) is 5.91 Å². The van der Waals surface area contributed by atoms with Gasteiger partial charge in [0.1, 0.15) is 4.83 Å². The van der Waals surface area contributed by atoms with Crippen molar-refractivity contribution in [1.82, 2.24) is 20.2 Å². The average Bonchev–Trinajstić information content (AvgIpc) is 2.97. The van der Waals surface area contributed by atoms with Gasteiger partial charge in [-0.3, -0.25) is 19.5 Å². The van der Waals surface area contributed by atoms with Crippen molar-refractivity contribution in [2.24, 2.45) is 0 Å². The van der Waals surface area contributed by atoms with Gasteiger partial charge in [-0.1, -0.05) is 24.8 Å². The Labute approximate surface area is 166 Å². The summed E-state index contributed by atoms with van der Waals surface area (Å²) < 4.78 is 1.49. The van der Waals surface area contributed by atoms with Gasteiger partial charge in [-0.2, -0.15) is 0 Å². The van der Waals surface area contributed by atoms with Crippen LogP contribution in [0.25, 0.3) is 10.2 Å². The molecule has 0 unspecified atom stereocenters. The maximum atomic E-state index is 12.8. The second-order valence-corrected chi connectivity index (χ2v) is 8.98. The number of nitrogens with one attached hydrogen (secondary N) is 2. The van der Waals surface area contributed by atoms with E-state index in [1.165, 1.54) is 15.9 Å². The van der Waals surface area contributed by atoms with Crippen molar-refractivity contribution in [2.75, 3.05) is 5.75 Å². The molecule has 146 valence electrons. The summed E-state index contributed by atoms with van der Waals surface area (Å²) >= 11 is 2.60. The van der Waals surface area contributed by atoms with Crippen molar-refractivity contribution >= 4 is 45.3 Å². The molecule has 2 aromatic rings. The molecule has 2 aromatic heterocycles. The number of carbonyl (C=O) groups is 2. The highest BCUT2D eigenvalue weighted by atomic mass is 32.2. The molecule has 27 heavy (non-hydrogen) atoms. The van der Waals surface area contributed by atoms with Crippen LogP contribution in [0.1, 0.15) is 32.6 Å². The molecule has 2 heterocycles. The van der Waals surface area contributed by atoms with Gasteiger partial charge in [0.05, 0.1) is 11.1 Å². The van der Waals surface area contributed by atoms with Gasteiger partial charge in [-0.15, -0.1) is 17.9 Å². The maximum absolute atomic E-state index is 12.8. The molecule has 0 saturated heterocycles. The molecule has 0 radical (unpaired) electrons. The highest BCUT2D eigenvalue weighted by molar-refractivity contribution is 7.99. The summed E-state index contributed by atoms with van der Waals surface area (Å²) in [6.07, 6.45) is 2.44. The second-order valence-electron chi connectivity index (χ2n) is 6.92. The summed E-state index contributed by atoms with van der Waals surface area (Å²) in [4.78, 5) is 42.9. The molecule has 0 atom stereocenters. The van der Waals surface area contributed by atoms with Crippen molar-refractivity contribution in [3.8, 4) is 0 Å². The molecular formula is C18H24N4O3S2. The number of hydrogen-bond donors (Lipinski definition) is 2. The number of nitrogens with zero attached hydrogens (tertiary/aromatic N) is 2. The summed E-state index contributed by atoms with van der Waals surface area (Å²) in [6, 6.07) is 1.32. The predicted molar refractivity (Wildman–Crippen MR) is 111 cm³/mol. The van der Waals surface area contributed by atoms with Crippen LogP contribution in [0.3, 0.4) is 0 Å². The van der Waals surface area contributed by atoms with E-state index < -0.39 is 17.5 Å². The monoisotopic (exact) mass is 408 g/mol. The van der Waals surface area contributed by atoms with Crippen LogP contribution >= 0.6 is 23.1 Å². The van der Waals surface area contributed by atoms with Gasteiger partial charge in [0, 0.05) is 17.0 Å². The maximum Gasteiger partial charge on any atom is 0.321 e. The van der Waals surface area contributed by atoms with E-state index in [9.17, 15) is 14.4 Å². The molecule has 2 rings (SSSR count). The number of aromatic nitrogens is 2.